The van der Waals surface area contributed by atoms with Crippen LogP contribution in [0.2, 0.25) is 10.0 Å². The number of carbonyl (C=O) groups excluding carboxylic acids is 1. The molecule has 31 heavy (non-hydrogen) atoms. The topological polar surface area (TPSA) is 64.2 Å². The van der Waals surface area contributed by atoms with Crippen molar-refractivity contribution in [3.63, 3.8) is 0 Å². The number of rotatable bonds is 7. The van der Waals surface area contributed by atoms with Crippen LogP contribution < -0.4 is 0 Å². The number of amides is 1. The van der Waals surface area contributed by atoms with E-state index in [4.69, 9.17) is 27.7 Å². The van der Waals surface area contributed by atoms with Crippen molar-refractivity contribution in [3.05, 3.63) is 93.9 Å². The number of halogens is 2. The Kier molecular flexibility index (Phi) is 6.39. The molecule has 4 rings (SSSR count). The lowest BCUT2D eigenvalue weighted by atomic mass is 10.1. The number of nitrogens with zero attached hydrogens (tertiary/aromatic N) is 4. The first-order valence-electron chi connectivity index (χ1n) is 9.73. The zero-order valence-corrected chi connectivity index (χ0v) is 18.3. The number of hydrogen-bond donors (Lipinski definition) is 0. The van der Waals surface area contributed by atoms with Crippen molar-refractivity contribution in [1.29, 1.82) is 0 Å². The highest BCUT2D eigenvalue weighted by Gasteiger charge is 2.22. The first-order valence-corrected chi connectivity index (χ1v) is 10.5. The smallest absolute Gasteiger partial charge is 0.276 e. The molecule has 0 fully saturated rings. The molecule has 4 aromatic rings. The molecule has 2 aromatic carbocycles. The molecule has 0 unspecified atom stereocenters. The van der Waals surface area contributed by atoms with Crippen LogP contribution in [0.25, 0.3) is 11.3 Å². The second-order valence-corrected chi connectivity index (χ2v) is 7.99. The summed E-state index contributed by atoms with van der Waals surface area (Å²) in [4.78, 5) is 15.0. The fourth-order valence-corrected chi connectivity index (χ4v) is 3.76. The molecular weight excluding hydrogens is 435 g/mol. The van der Waals surface area contributed by atoms with E-state index in [9.17, 15) is 4.79 Å². The third-order valence-corrected chi connectivity index (χ3v) is 5.40. The van der Waals surface area contributed by atoms with Crippen LogP contribution >= 0.6 is 23.2 Å². The predicted octanol–water partition coefficient (Wildman–Crippen LogP) is 5.27. The molecule has 0 saturated carbocycles. The van der Waals surface area contributed by atoms with Gasteiger partial charge in [0.1, 0.15) is 0 Å². The van der Waals surface area contributed by atoms with E-state index in [0.29, 0.717) is 40.9 Å². The molecule has 0 aliphatic rings. The standard InChI is InChI=1S/C23H20Cl2N4O2/c1-28-11-10-18(26-28)15-29(12-9-16-5-3-2-4-6-16)23(30)21-14-22(31-27-21)19-8-7-17(24)13-20(19)25/h2-8,10-11,13-14H,9,12,15H2,1H3. The van der Waals surface area contributed by atoms with Gasteiger partial charge in [0.05, 0.1) is 17.3 Å². The highest BCUT2D eigenvalue weighted by atomic mass is 35.5. The van der Waals surface area contributed by atoms with E-state index in [1.54, 1.807) is 33.8 Å². The third-order valence-electron chi connectivity index (χ3n) is 4.85. The van der Waals surface area contributed by atoms with E-state index in [1.165, 1.54) is 0 Å². The number of benzene rings is 2. The summed E-state index contributed by atoms with van der Waals surface area (Å²) < 4.78 is 7.13. The quantitative estimate of drug-likeness (QED) is 0.381. The van der Waals surface area contributed by atoms with Gasteiger partial charge in [-0.05, 0) is 36.2 Å². The van der Waals surface area contributed by atoms with Crippen LogP contribution in [0.5, 0.6) is 0 Å². The molecule has 0 radical (unpaired) electrons. The molecule has 0 aliphatic heterocycles. The lowest BCUT2D eigenvalue weighted by Gasteiger charge is -2.20. The number of hydrogen-bond acceptors (Lipinski definition) is 4. The highest BCUT2D eigenvalue weighted by Crippen LogP contribution is 2.31. The Labute approximate surface area is 190 Å². The van der Waals surface area contributed by atoms with Crippen molar-refractivity contribution in [3.8, 4) is 11.3 Å². The van der Waals surface area contributed by atoms with Gasteiger partial charge in [-0.2, -0.15) is 5.10 Å². The normalized spacial score (nSPS) is 10.9. The summed E-state index contributed by atoms with van der Waals surface area (Å²) in [6, 6.07) is 18.6. The van der Waals surface area contributed by atoms with Gasteiger partial charge in [-0.3, -0.25) is 9.48 Å². The van der Waals surface area contributed by atoms with Crippen molar-refractivity contribution >= 4 is 29.1 Å². The fourth-order valence-electron chi connectivity index (χ4n) is 3.26. The predicted molar refractivity (Wildman–Crippen MR) is 120 cm³/mol. The van der Waals surface area contributed by atoms with Crippen LogP contribution in [0.1, 0.15) is 21.7 Å². The molecule has 158 valence electrons. The van der Waals surface area contributed by atoms with Gasteiger partial charge in [-0.1, -0.05) is 58.7 Å². The molecule has 8 heteroatoms. The van der Waals surface area contributed by atoms with E-state index < -0.39 is 0 Å². The average molecular weight is 455 g/mol. The molecule has 0 bridgehead atoms. The van der Waals surface area contributed by atoms with Crippen LogP contribution in [-0.4, -0.2) is 32.3 Å². The molecule has 1 amide bonds. The van der Waals surface area contributed by atoms with Gasteiger partial charge in [-0.15, -0.1) is 0 Å². The van der Waals surface area contributed by atoms with Gasteiger partial charge >= 0.3 is 0 Å². The molecule has 0 N–H and O–H groups in total. The molecule has 2 aromatic heterocycles. The summed E-state index contributed by atoms with van der Waals surface area (Å²) in [5.41, 5.74) is 2.78. The Balaban J connectivity index is 1.56. The lowest BCUT2D eigenvalue weighted by molar-refractivity contribution is 0.0732. The summed E-state index contributed by atoms with van der Waals surface area (Å²) in [6.45, 7) is 0.889. The van der Waals surface area contributed by atoms with Gasteiger partial charge in [-0.25, -0.2) is 0 Å². The van der Waals surface area contributed by atoms with E-state index in [-0.39, 0.29) is 11.6 Å². The summed E-state index contributed by atoms with van der Waals surface area (Å²) >= 11 is 12.2. The van der Waals surface area contributed by atoms with Crippen LogP contribution in [0.3, 0.4) is 0 Å². The van der Waals surface area contributed by atoms with Gasteiger partial charge in [0.15, 0.2) is 11.5 Å². The molecule has 0 saturated heterocycles. The van der Waals surface area contributed by atoms with Gasteiger partial charge in [0, 0.05) is 36.4 Å². The second-order valence-electron chi connectivity index (χ2n) is 7.14. The van der Waals surface area contributed by atoms with Crippen LogP contribution in [0, 0.1) is 0 Å². The second kappa shape index (κ2) is 9.37. The SMILES string of the molecule is Cn1ccc(CN(CCc2ccccc2)C(=O)c2cc(-c3ccc(Cl)cc3Cl)on2)n1. The Morgan fingerprint density at radius 2 is 1.90 bits per heavy atom. The van der Waals surface area contributed by atoms with E-state index in [1.807, 2.05) is 49.6 Å². The van der Waals surface area contributed by atoms with Crippen LogP contribution in [-0.2, 0) is 20.0 Å². The maximum atomic E-state index is 13.3. The van der Waals surface area contributed by atoms with Crippen molar-refractivity contribution in [1.82, 2.24) is 19.8 Å². The molecule has 0 atom stereocenters. The van der Waals surface area contributed by atoms with Crippen molar-refractivity contribution in [2.24, 2.45) is 7.05 Å². The van der Waals surface area contributed by atoms with E-state index >= 15 is 0 Å². The highest BCUT2D eigenvalue weighted by molar-refractivity contribution is 6.36. The largest absolute Gasteiger partial charge is 0.355 e. The summed E-state index contributed by atoms with van der Waals surface area (Å²) in [5.74, 6) is 0.174. The van der Waals surface area contributed by atoms with Crippen molar-refractivity contribution in [2.75, 3.05) is 6.54 Å². The Morgan fingerprint density at radius 3 is 2.61 bits per heavy atom. The summed E-state index contributed by atoms with van der Waals surface area (Å²) in [7, 11) is 1.85. The minimum Gasteiger partial charge on any atom is -0.355 e. The monoisotopic (exact) mass is 454 g/mol. The van der Waals surface area contributed by atoms with Crippen LogP contribution in [0.4, 0.5) is 0 Å². The molecule has 2 heterocycles. The summed E-state index contributed by atoms with van der Waals surface area (Å²) in [5, 5.41) is 9.35. The van der Waals surface area contributed by atoms with Crippen molar-refractivity contribution < 1.29 is 9.32 Å². The summed E-state index contributed by atoms with van der Waals surface area (Å²) in [6.07, 6.45) is 2.57. The molecular formula is C23H20Cl2N4O2. The first-order chi connectivity index (χ1) is 15.0. The number of aromatic nitrogens is 3. The third kappa shape index (κ3) is 5.16. The van der Waals surface area contributed by atoms with E-state index in [0.717, 1.165) is 11.3 Å². The van der Waals surface area contributed by atoms with E-state index in [2.05, 4.69) is 10.3 Å². The van der Waals surface area contributed by atoms with Crippen LogP contribution in [0.15, 0.2) is 71.4 Å². The van der Waals surface area contributed by atoms with Gasteiger partial charge < -0.3 is 9.42 Å². The Morgan fingerprint density at radius 1 is 1.10 bits per heavy atom. The first kappa shape index (κ1) is 21.2. The average Bonchev–Trinajstić information content (AvgIpc) is 3.40. The number of carbonyl (C=O) groups is 1. The zero-order chi connectivity index (χ0) is 21.8. The lowest BCUT2D eigenvalue weighted by Crippen LogP contribution is -2.33. The molecule has 6 nitrogen and oxygen atoms in total. The molecule has 0 spiro atoms. The minimum atomic E-state index is -0.235. The molecule has 0 aliphatic carbocycles. The fraction of sp³-hybridized carbons (Fsp3) is 0.174. The number of aryl methyl sites for hydroxylation is 1. The minimum absolute atomic E-state index is 0.213. The Hall–Kier alpha value is -3.09. The van der Waals surface area contributed by atoms with Gasteiger partial charge in [0.25, 0.3) is 5.91 Å². The van der Waals surface area contributed by atoms with Crippen molar-refractivity contribution in [2.45, 2.75) is 13.0 Å². The zero-order valence-electron chi connectivity index (χ0n) is 16.8. The van der Waals surface area contributed by atoms with Gasteiger partial charge in [0.2, 0.25) is 0 Å². The maximum Gasteiger partial charge on any atom is 0.276 e. The maximum absolute atomic E-state index is 13.3. The Bertz CT molecular complexity index is 1190.